The van der Waals surface area contributed by atoms with Crippen LogP contribution >= 0.6 is 0 Å². The molecule has 8 heteroatoms. The van der Waals surface area contributed by atoms with Gasteiger partial charge in [-0.15, -0.1) is 0 Å². The van der Waals surface area contributed by atoms with E-state index in [0.29, 0.717) is 24.5 Å². The number of amides is 1. The first-order valence-corrected chi connectivity index (χ1v) is 9.89. The van der Waals surface area contributed by atoms with E-state index in [2.05, 4.69) is 32.1 Å². The Morgan fingerprint density at radius 1 is 1.03 bits per heavy atom. The minimum Gasteiger partial charge on any atom is -0.481 e. The smallest absolute Gasteiger partial charge is 0.254 e. The van der Waals surface area contributed by atoms with Gasteiger partial charge in [0.15, 0.2) is 0 Å². The van der Waals surface area contributed by atoms with Gasteiger partial charge in [-0.1, -0.05) is 0 Å². The molecule has 0 N–H and O–H groups in total. The summed E-state index contributed by atoms with van der Waals surface area (Å²) >= 11 is 0. The van der Waals surface area contributed by atoms with E-state index in [1.165, 1.54) is 0 Å². The molecule has 0 bridgehead atoms. The van der Waals surface area contributed by atoms with Crippen molar-refractivity contribution >= 4 is 33.4 Å². The maximum Gasteiger partial charge on any atom is 0.254 e. The number of anilines is 1. The number of hydrogen-bond acceptors (Lipinski definition) is 6. The highest BCUT2D eigenvalue weighted by Crippen LogP contribution is 2.26. The van der Waals surface area contributed by atoms with Gasteiger partial charge in [-0.05, 0) is 36.4 Å². The summed E-state index contributed by atoms with van der Waals surface area (Å²) in [6.45, 7) is 2.91. The molecule has 2 aromatic carbocycles. The number of carbonyl (C=O) groups is 1. The van der Waals surface area contributed by atoms with Gasteiger partial charge >= 0.3 is 0 Å². The summed E-state index contributed by atoms with van der Waals surface area (Å²) in [5, 5.41) is 6.38. The van der Waals surface area contributed by atoms with E-state index in [0.717, 1.165) is 40.6 Å². The number of aromatic nitrogens is 4. The number of benzene rings is 2. The number of nitrogens with zero attached hydrogens (tertiary/aromatic N) is 6. The number of fused-ring (bicyclic) bond motifs is 2. The van der Waals surface area contributed by atoms with Crippen LogP contribution in [0.15, 0.2) is 48.9 Å². The molecule has 1 amide bonds. The maximum atomic E-state index is 13.0. The zero-order valence-electron chi connectivity index (χ0n) is 16.9. The molecule has 0 spiro atoms. The van der Waals surface area contributed by atoms with Crippen molar-refractivity contribution in [1.82, 2.24) is 24.6 Å². The van der Waals surface area contributed by atoms with E-state index < -0.39 is 0 Å². The second-order valence-corrected chi connectivity index (χ2v) is 7.41. The van der Waals surface area contributed by atoms with Gasteiger partial charge in [0.2, 0.25) is 5.88 Å². The average Bonchev–Trinajstić information content (AvgIpc) is 3.12. The molecule has 1 fully saturated rings. The molecule has 2 aromatic heterocycles. The number of hydrogen-bond donors (Lipinski definition) is 0. The highest BCUT2D eigenvalue weighted by Gasteiger charge is 2.23. The van der Waals surface area contributed by atoms with Crippen molar-refractivity contribution in [2.24, 2.45) is 7.05 Å². The topological polar surface area (TPSA) is 76.4 Å². The van der Waals surface area contributed by atoms with Gasteiger partial charge in [-0.2, -0.15) is 5.10 Å². The van der Waals surface area contributed by atoms with Crippen molar-refractivity contribution in [3.8, 4) is 5.88 Å². The third-order valence-electron chi connectivity index (χ3n) is 5.64. The van der Waals surface area contributed by atoms with Crippen molar-refractivity contribution in [2.75, 3.05) is 38.2 Å². The molecule has 0 radical (unpaired) electrons. The van der Waals surface area contributed by atoms with E-state index in [1.54, 1.807) is 18.1 Å². The number of ether oxygens (including phenoxy) is 1. The lowest BCUT2D eigenvalue weighted by molar-refractivity contribution is 0.0747. The molecular formula is C22H22N6O2. The van der Waals surface area contributed by atoms with Gasteiger partial charge in [0.05, 0.1) is 23.5 Å². The van der Waals surface area contributed by atoms with Crippen LogP contribution in [0.5, 0.6) is 5.88 Å². The van der Waals surface area contributed by atoms with Crippen LogP contribution in [0.1, 0.15) is 10.4 Å². The Hall–Kier alpha value is -3.68. The predicted octanol–water partition coefficient (Wildman–Crippen LogP) is 2.49. The van der Waals surface area contributed by atoms with Crippen molar-refractivity contribution in [2.45, 2.75) is 0 Å². The van der Waals surface area contributed by atoms with Crippen LogP contribution in [0.3, 0.4) is 0 Å². The molecule has 5 rings (SSSR count). The molecule has 0 saturated carbocycles. The largest absolute Gasteiger partial charge is 0.481 e. The molecule has 0 aliphatic carbocycles. The van der Waals surface area contributed by atoms with Crippen LogP contribution in [0, 0.1) is 0 Å². The lowest BCUT2D eigenvalue weighted by Gasteiger charge is -2.36. The first-order valence-electron chi connectivity index (χ1n) is 9.89. The van der Waals surface area contributed by atoms with Crippen LogP contribution in [-0.2, 0) is 7.05 Å². The van der Waals surface area contributed by atoms with Crippen LogP contribution in [0.25, 0.3) is 21.8 Å². The van der Waals surface area contributed by atoms with Gasteiger partial charge in [0.1, 0.15) is 6.33 Å². The molecule has 1 aliphatic heterocycles. The van der Waals surface area contributed by atoms with Crippen LogP contribution in [0.4, 0.5) is 5.69 Å². The second-order valence-electron chi connectivity index (χ2n) is 7.41. The molecule has 0 atom stereocenters. The third-order valence-corrected chi connectivity index (χ3v) is 5.64. The zero-order valence-corrected chi connectivity index (χ0v) is 16.9. The first-order chi connectivity index (χ1) is 14.6. The molecule has 0 unspecified atom stereocenters. The van der Waals surface area contributed by atoms with E-state index in [4.69, 9.17) is 4.74 Å². The lowest BCUT2D eigenvalue weighted by Crippen LogP contribution is -2.48. The number of piperazine rings is 1. The minimum absolute atomic E-state index is 0.0353. The average molecular weight is 402 g/mol. The summed E-state index contributed by atoms with van der Waals surface area (Å²) < 4.78 is 7.07. The number of aryl methyl sites for hydroxylation is 1. The molecule has 1 aliphatic rings. The summed E-state index contributed by atoms with van der Waals surface area (Å²) in [6.07, 6.45) is 3.39. The Morgan fingerprint density at radius 2 is 1.87 bits per heavy atom. The molecule has 152 valence electrons. The zero-order chi connectivity index (χ0) is 20.7. The molecule has 4 aromatic rings. The normalized spacial score (nSPS) is 14.5. The Morgan fingerprint density at radius 3 is 2.67 bits per heavy atom. The maximum absolute atomic E-state index is 13.0. The predicted molar refractivity (Wildman–Crippen MR) is 115 cm³/mol. The van der Waals surface area contributed by atoms with Gasteiger partial charge in [0, 0.05) is 56.1 Å². The summed E-state index contributed by atoms with van der Waals surface area (Å²) in [5.41, 5.74) is 3.48. The van der Waals surface area contributed by atoms with E-state index in [1.807, 2.05) is 42.4 Å². The molecule has 8 nitrogen and oxygen atoms in total. The van der Waals surface area contributed by atoms with Crippen molar-refractivity contribution in [3.05, 3.63) is 54.5 Å². The molecule has 30 heavy (non-hydrogen) atoms. The highest BCUT2D eigenvalue weighted by atomic mass is 16.5. The van der Waals surface area contributed by atoms with Crippen LogP contribution in [0.2, 0.25) is 0 Å². The van der Waals surface area contributed by atoms with Crippen molar-refractivity contribution in [1.29, 1.82) is 0 Å². The molecule has 1 saturated heterocycles. The van der Waals surface area contributed by atoms with Gasteiger partial charge < -0.3 is 14.5 Å². The van der Waals surface area contributed by atoms with E-state index in [-0.39, 0.29) is 5.91 Å². The number of carbonyl (C=O) groups excluding carboxylic acids is 1. The van der Waals surface area contributed by atoms with Crippen LogP contribution in [-0.4, -0.2) is 63.8 Å². The van der Waals surface area contributed by atoms with E-state index >= 15 is 0 Å². The monoisotopic (exact) mass is 402 g/mol. The van der Waals surface area contributed by atoms with Gasteiger partial charge in [-0.25, -0.2) is 14.6 Å². The van der Waals surface area contributed by atoms with Gasteiger partial charge in [0.25, 0.3) is 5.91 Å². The standard InChI is InChI=1S/C22H22N6O2/c1-26-22(30-2)18-5-3-15(12-20(18)25-26)21(29)28-9-7-27(8-10-28)17-4-6-19-16(11-17)13-23-14-24-19/h3-6,11-14H,7-10H2,1-2H3. The van der Waals surface area contributed by atoms with E-state index in [9.17, 15) is 4.79 Å². The summed E-state index contributed by atoms with van der Waals surface area (Å²) in [6, 6.07) is 11.8. The van der Waals surface area contributed by atoms with Gasteiger partial charge in [-0.3, -0.25) is 4.79 Å². The summed E-state index contributed by atoms with van der Waals surface area (Å²) in [5.74, 6) is 0.728. The summed E-state index contributed by atoms with van der Waals surface area (Å²) in [7, 11) is 3.45. The number of rotatable bonds is 3. The lowest BCUT2D eigenvalue weighted by atomic mass is 10.1. The Kier molecular flexibility index (Phi) is 4.46. The SMILES string of the molecule is COc1c2ccc(C(=O)N3CCN(c4ccc5ncncc5c4)CC3)cc2nn1C. The Balaban J connectivity index is 1.31. The fraction of sp³-hybridized carbons (Fsp3) is 0.273. The first kappa shape index (κ1) is 18.4. The Bertz CT molecular complexity index is 1240. The summed E-state index contributed by atoms with van der Waals surface area (Å²) in [4.78, 5) is 25.6. The van der Waals surface area contributed by atoms with Crippen molar-refractivity contribution in [3.63, 3.8) is 0 Å². The van der Waals surface area contributed by atoms with Crippen molar-refractivity contribution < 1.29 is 9.53 Å². The number of methoxy groups -OCH3 is 1. The minimum atomic E-state index is 0.0353. The fourth-order valence-electron chi connectivity index (χ4n) is 4.07. The molecular weight excluding hydrogens is 380 g/mol. The highest BCUT2D eigenvalue weighted by molar-refractivity contribution is 5.99. The van der Waals surface area contributed by atoms with Crippen LogP contribution < -0.4 is 9.64 Å². The quantitative estimate of drug-likeness (QED) is 0.524. The molecule has 3 heterocycles. The fourth-order valence-corrected chi connectivity index (χ4v) is 4.07. The third kappa shape index (κ3) is 3.10. The second kappa shape index (κ2) is 7.29. The Labute approximate surface area is 173 Å².